The van der Waals surface area contributed by atoms with Gasteiger partial charge >= 0.3 is 6.03 Å². The molecule has 0 spiro atoms. The Labute approximate surface area is 121 Å². The first-order chi connectivity index (χ1) is 9.66. The minimum absolute atomic E-state index is 0.0595. The van der Waals surface area contributed by atoms with E-state index in [2.05, 4.69) is 17.3 Å². The molecule has 1 aliphatic rings. The van der Waals surface area contributed by atoms with Crippen LogP contribution in [0.25, 0.3) is 0 Å². The molecule has 1 fully saturated rings. The first-order valence-corrected chi connectivity index (χ1v) is 7.65. The molecule has 1 unspecified atom stereocenters. The normalized spacial score (nSPS) is 17.7. The summed E-state index contributed by atoms with van der Waals surface area (Å²) in [4.78, 5) is 14.0. The van der Waals surface area contributed by atoms with Crippen LogP contribution in [0.15, 0.2) is 18.5 Å². The Morgan fingerprint density at radius 1 is 1.45 bits per heavy atom. The number of aromatic nitrogens is 2. The highest BCUT2D eigenvalue weighted by molar-refractivity contribution is 5.74. The van der Waals surface area contributed by atoms with Gasteiger partial charge in [-0.25, -0.2) is 4.79 Å². The van der Waals surface area contributed by atoms with Crippen molar-refractivity contribution < 1.29 is 4.79 Å². The van der Waals surface area contributed by atoms with Crippen molar-refractivity contribution in [2.75, 3.05) is 13.6 Å². The fourth-order valence-corrected chi connectivity index (χ4v) is 2.81. The summed E-state index contributed by atoms with van der Waals surface area (Å²) in [6, 6.07) is 2.40. The molecule has 1 saturated carbocycles. The van der Waals surface area contributed by atoms with Gasteiger partial charge in [-0.1, -0.05) is 26.2 Å². The van der Waals surface area contributed by atoms with E-state index in [1.54, 1.807) is 6.20 Å². The van der Waals surface area contributed by atoms with Gasteiger partial charge in [0.2, 0.25) is 0 Å². The topological polar surface area (TPSA) is 50.2 Å². The molecule has 0 bridgehead atoms. The SMILES string of the molecule is CC(CNC(=O)N(C)C1CCCCC1)Cn1cccn1. The number of hydrogen-bond acceptors (Lipinski definition) is 2. The van der Waals surface area contributed by atoms with Gasteiger partial charge in [-0.3, -0.25) is 4.68 Å². The minimum Gasteiger partial charge on any atom is -0.338 e. The molecule has 20 heavy (non-hydrogen) atoms. The first-order valence-electron chi connectivity index (χ1n) is 7.65. The lowest BCUT2D eigenvalue weighted by atomic mass is 9.95. The quantitative estimate of drug-likeness (QED) is 0.899. The molecule has 1 heterocycles. The molecule has 2 amide bonds. The summed E-state index contributed by atoms with van der Waals surface area (Å²) in [5.74, 6) is 0.374. The van der Waals surface area contributed by atoms with Crippen molar-refractivity contribution in [3.63, 3.8) is 0 Å². The van der Waals surface area contributed by atoms with Crippen molar-refractivity contribution in [3.8, 4) is 0 Å². The van der Waals surface area contributed by atoms with E-state index in [1.807, 2.05) is 28.9 Å². The molecule has 1 aromatic heterocycles. The van der Waals surface area contributed by atoms with Crippen LogP contribution in [0.1, 0.15) is 39.0 Å². The predicted molar refractivity (Wildman–Crippen MR) is 79.4 cm³/mol. The molecule has 1 aliphatic carbocycles. The number of hydrogen-bond donors (Lipinski definition) is 1. The van der Waals surface area contributed by atoms with Crippen LogP contribution in [-0.2, 0) is 6.54 Å². The lowest BCUT2D eigenvalue weighted by molar-refractivity contribution is 0.172. The van der Waals surface area contributed by atoms with E-state index in [1.165, 1.54) is 19.3 Å². The second-order valence-corrected chi connectivity index (χ2v) is 5.92. The number of amides is 2. The number of carbonyl (C=O) groups is 1. The number of nitrogens with zero attached hydrogens (tertiary/aromatic N) is 3. The Morgan fingerprint density at radius 3 is 2.85 bits per heavy atom. The van der Waals surface area contributed by atoms with Crippen molar-refractivity contribution in [3.05, 3.63) is 18.5 Å². The summed E-state index contributed by atoms with van der Waals surface area (Å²) in [6.07, 6.45) is 9.83. The Balaban J connectivity index is 1.70. The number of urea groups is 1. The highest BCUT2D eigenvalue weighted by Gasteiger charge is 2.21. The van der Waals surface area contributed by atoms with Crippen LogP contribution in [0.3, 0.4) is 0 Å². The average Bonchev–Trinajstić information content (AvgIpc) is 2.97. The summed E-state index contributed by atoms with van der Waals surface area (Å²) >= 11 is 0. The Morgan fingerprint density at radius 2 is 2.20 bits per heavy atom. The van der Waals surface area contributed by atoms with Crippen LogP contribution < -0.4 is 5.32 Å². The van der Waals surface area contributed by atoms with E-state index in [0.29, 0.717) is 18.5 Å². The van der Waals surface area contributed by atoms with Crippen molar-refractivity contribution >= 4 is 6.03 Å². The molecule has 112 valence electrons. The van der Waals surface area contributed by atoms with Crippen LogP contribution in [0.4, 0.5) is 4.79 Å². The van der Waals surface area contributed by atoms with Crippen molar-refractivity contribution in [1.82, 2.24) is 20.0 Å². The lowest BCUT2D eigenvalue weighted by Crippen LogP contribution is -2.45. The molecule has 1 N–H and O–H groups in total. The Hall–Kier alpha value is -1.52. The molecule has 0 saturated heterocycles. The molecule has 0 aliphatic heterocycles. The maximum absolute atomic E-state index is 12.1. The molecule has 1 atom stereocenters. The number of rotatable bonds is 5. The maximum atomic E-state index is 12.1. The maximum Gasteiger partial charge on any atom is 0.317 e. The minimum atomic E-state index is 0.0595. The van der Waals surface area contributed by atoms with Gasteiger partial charge < -0.3 is 10.2 Å². The molecule has 0 radical (unpaired) electrons. The first kappa shape index (κ1) is 14.9. The number of carbonyl (C=O) groups excluding carboxylic acids is 1. The van der Waals surface area contributed by atoms with E-state index in [0.717, 1.165) is 19.4 Å². The standard InChI is InChI=1S/C15H26N4O/c1-13(12-19-10-6-9-17-19)11-16-15(20)18(2)14-7-4-3-5-8-14/h6,9-10,13-14H,3-5,7-8,11-12H2,1-2H3,(H,16,20). The molecule has 5 nitrogen and oxygen atoms in total. The van der Waals surface area contributed by atoms with Gasteiger partial charge in [-0.2, -0.15) is 5.10 Å². The summed E-state index contributed by atoms with van der Waals surface area (Å²) in [6.45, 7) is 3.65. The van der Waals surface area contributed by atoms with Crippen LogP contribution in [0.2, 0.25) is 0 Å². The van der Waals surface area contributed by atoms with Gasteiger partial charge in [0, 0.05) is 38.6 Å². The zero-order valence-corrected chi connectivity index (χ0v) is 12.6. The average molecular weight is 278 g/mol. The van der Waals surface area contributed by atoms with Crippen LogP contribution >= 0.6 is 0 Å². The predicted octanol–water partition coefficient (Wildman–Crippen LogP) is 2.49. The summed E-state index contributed by atoms with van der Waals surface area (Å²) in [7, 11) is 1.92. The monoisotopic (exact) mass is 278 g/mol. The zero-order chi connectivity index (χ0) is 14.4. The van der Waals surface area contributed by atoms with Crippen molar-refractivity contribution in [2.45, 2.75) is 51.6 Å². The molecule has 1 aromatic rings. The van der Waals surface area contributed by atoms with E-state index >= 15 is 0 Å². The summed E-state index contributed by atoms with van der Waals surface area (Å²) in [5, 5.41) is 7.22. The molecule has 0 aromatic carbocycles. The second kappa shape index (κ2) is 7.31. The van der Waals surface area contributed by atoms with E-state index < -0.39 is 0 Å². The molecular weight excluding hydrogens is 252 g/mol. The largest absolute Gasteiger partial charge is 0.338 e. The van der Waals surface area contributed by atoms with Crippen LogP contribution in [0.5, 0.6) is 0 Å². The molecule has 2 rings (SSSR count). The summed E-state index contributed by atoms with van der Waals surface area (Å²) in [5.41, 5.74) is 0. The highest BCUT2D eigenvalue weighted by atomic mass is 16.2. The zero-order valence-electron chi connectivity index (χ0n) is 12.6. The van der Waals surface area contributed by atoms with Gasteiger partial charge in [0.15, 0.2) is 0 Å². The van der Waals surface area contributed by atoms with Gasteiger partial charge in [-0.05, 0) is 24.8 Å². The van der Waals surface area contributed by atoms with Gasteiger partial charge in [0.25, 0.3) is 0 Å². The fraction of sp³-hybridized carbons (Fsp3) is 0.733. The van der Waals surface area contributed by atoms with Gasteiger partial charge in [0.1, 0.15) is 0 Å². The fourth-order valence-electron chi connectivity index (χ4n) is 2.81. The van der Waals surface area contributed by atoms with E-state index in [9.17, 15) is 4.79 Å². The molecular formula is C15H26N4O. The van der Waals surface area contributed by atoms with Crippen molar-refractivity contribution in [2.24, 2.45) is 5.92 Å². The van der Waals surface area contributed by atoms with Crippen LogP contribution in [-0.4, -0.2) is 40.3 Å². The Bertz CT molecular complexity index is 398. The van der Waals surface area contributed by atoms with Gasteiger partial charge in [0.05, 0.1) is 0 Å². The smallest absolute Gasteiger partial charge is 0.317 e. The number of nitrogens with one attached hydrogen (secondary N) is 1. The van der Waals surface area contributed by atoms with E-state index in [4.69, 9.17) is 0 Å². The molecule has 5 heteroatoms. The highest BCUT2D eigenvalue weighted by Crippen LogP contribution is 2.21. The van der Waals surface area contributed by atoms with Crippen LogP contribution in [0, 0.1) is 5.92 Å². The van der Waals surface area contributed by atoms with Crippen molar-refractivity contribution in [1.29, 1.82) is 0 Å². The Kier molecular flexibility index (Phi) is 5.44. The second-order valence-electron chi connectivity index (χ2n) is 5.92. The summed E-state index contributed by atoms with van der Waals surface area (Å²) < 4.78 is 1.90. The third kappa shape index (κ3) is 4.25. The third-order valence-corrected chi connectivity index (χ3v) is 4.10. The van der Waals surface area contributed by atoms with E-state index in [-0.39, 0.29) is 6.03 Å². The third-order valence-electron chi connectivity index (χ3n) is 4.10. The lowest BCUT2D eigenvalue weighted by Gasteiger charge is -2.31. The van der Waals surface area contributed by atoms with Gasteiger partial charge in [-0.15, -0.1) is 0 Å².